The summed E-state index contributed by atoms with van der Waals surface area (Å²) >= 11 is 3.36. The number of halogens is 2. The van der Waals surface area contributed by atoms with Crippen molar-refractivity contribution in [2.75, 3.05) is 20.1 Å². The first-order valence-electron chi connectivity index (χ1n) is 8.20. The number of guanidine groups is 1. The molecule has 1 aliphatic rings. The molecule has 1 aromatic rings. The van der Waals surface area contributed by atoms with E-state index in [0.717, 1.165) is 23.4 Å². The molecule has 0 radical (unpaired) electrons. The molecule has 134 valence electrons. The van der Waals surface area contributed by atoms with E-state index in [4.69, 9.17) is 0 Å². The average Bonchev–Trinajstić information content (AvgIpc) is 3.07. The highest BCUT2D eigenvalue weighted by Crippen LogP contribution is 2.17. The van der Waals surface area contributed by atoms with Gasteiger partial charge in [-0.05, 0) is 43.5 Å². The second kappa shape index (κ2) is 11.7. The van der Waals surface area contributed by atoms with Gasteiger partial charge in [0, 0.05) is 36.2 Å². The number of carbonyl (C=O) groups is 1. The number of benzene rings is 1. The lowest BCUT2D eigenvalue weighted by molar-refractivity contribution is 0.0953. The van der Waals surface area contributed by atoms with Gasteiger partial charge in [0.25, 0.3) is 5.91 Å². The maximum absolute atomic E-state index is 12.0. The molecular weight excluding hydrogens is 483 g/mol. The number of rotatable bonds is 6. The van der Waals surface area contributed by atoms with Crippen molar-refractivity contribution in [3.05, 3.63) is 34.3 Å². The van der Waals surface area contributed by atoms with E-state index in [1.54, 1.807) is 7.05 Å². The van der Waals surface area contributed by atoms with Gasteiger partial charge < -0.3 is 16.0 Å². The predicted octanol–water partition coefficient (Wildman–Crippen LogP) is 3.29. The topological polar surface area (TPSA) is 65.5 Å². The summed E-state index contributed by atoms with van der Waals surface area (Å²) in [7, 11) is 1.79. The third-order valence-corrected chi connectivity index (χ3v) is 4.49. The Balaban J connectivity index is 0.00000288. The summed E-state index contributed by atoms with van der Waals surface area (Å²) < 4.78 is 0.972. The second-order valence-corrected chi connectivity index (χ2v) is 6.66. The largest absolute Gasteiger partial charge is 0.356 e. The van der Waals surface area contributed by atoms with Crippen LogP contribution in [0.15, 0.2) is 33.7 Å². The van der Waals surface area contributed by atoms with Gasteiger partial charge in [-0.2, -0.15) is 0 Å². The molecule has 0 spiro atoms. The third kappa shape index (κ3) is 7.38. The van der Waals surface area contributed by atoms with Crippen molar-refractivity contribution >= 4 is 51.8 Å². The highest BCUT2D eigenvalue weighted by atomic mass is 127. The van der Waals surface area contributed by atoms with Crippen molar-refractivity contribution < 1.29 is 4.79 Å². The van der Waals surface area contributed by atoms with Crippen molar-refractivity contribution in [1.29, 1.82) is 0 Å². The Morgan fingerprint density at radius 2 is 1.79 bits per heavy atom. The summed E-state index contributed by atoms with van der Waals surface area (Å²) in [6, 6.07) is 7.92. The molecule has 0 aromatic heterocycles. The van der Waals surface area contributed by atoms with Crippen LogP contribution in [0.25, 0.3) is 0 Å². The lowest BCUT2D eigenvalue weighted by Crippen LogP contribution is -2.43. The summed E-state index contributed by atoms with van der Waals surface area (Å²) in [6.07, 6.45) is 5.91. The molecule has 1 aromatic carbocycles. The number of aliphatic imine (C=N–C) groups is 1. The molecule has 1 amide bonds. The number of nitrogens with one attached hydrogen (secondary N) is 3. The maximum atomic E-state index is 12.0. The molecule has 0 bridgehead atoms. The van der Waals surface area contributed by atoms with E-state index < -0.39 is 0 Å². The van der Waals surface area contributed by atoms with Gasteiger partial charge in [0.1, 0.15) is 0 Å². The number of nitrogens with zero attached hydrogens (tertiary/aromatic N) is 1. The Bertz CT molecular complexity index is 530. The molecule has 24 heavy (non-hydrogen) atoms. The van der Waals surface area contributed by atoms with Gasteiger partial charge in [0.15, 0.2) is 5.96 Å². The molecule has 0 saturated heterocycles. The van der Waals surface area contributed by atoms with Gasteiger partial charge in [-0.15, -0.1) is 24.0 Å². The average molecular weight is 509 g/mol. The summed E-state index contributed by atoms with van der Waals surface area (Å²) in [6.45, 7) is 1.43. The zero-order valence-corrected chi connectivity index (χ0v) is 17.9. The summed E-state index contributed by atoms with van der Waals surface area (Å²) in [5.74, 6) is 0.821. The zero-order chi connectivity index (χ0) is 16.5. The van der Waals surface area contributed by atoms with Gasteiger partial charge in [0.2, 0.25) is 0 Å². The Kier molecular flexibility index (Phi) is 10.3. The SMILES string of the molecule is CN=C(NCCCNC(=O)c1ccc(Br)cc1)NC1CCCC1.I. The Morgan fingerprint density at radius 3 is 2.42 bits per heavy atom. The fraction of sp³-hybridized carbons (Fsp3) is 0.529. The monoisotopic (exact) mass is 508 g/mol. The van der Waals surface area contributed by atoms with Crippen molar-refractivity contribution in [2.24, 2.45) is 4.99 Å². The molecular formula is C17H26BrIN4O. The maximum Gasteiger partial charge on any atom is 0.251 e. The van der Waals surface area contributed by atoms with E-state index >= 15 is 0 Å². The zero-order valence-electron chi connectivity index (χ0n) is 14.0. The molecule has 0 heterocycles. The van der Waals surface area contributed by atoms with E-state index in [1.807, 2.05) is 24.3 Å². The smallest absolute Gasteiger partial charge is 0.251 e. The predicted molar refractivity (Wildman–Crippen MR) is 113 cm³/mol. The second-order valence-electron chi connectivity index (χ2n) is 5.74. The van der Waals surface area contributed by atoms with E-state index in [2.05, 4.69) is 36.9 Å². The van der Waals surface area contributed by atoms with Crippen LogP contribution in [0.5, 0.6) is 0 Å². The van der Waals surface area contributed by atoms with E-state index in [0.29, 0.717) is 18.2 Å². The molecule has 0 unspecified atom stereocenters. The van der Waals surface area contributed by atoms with E-state index in [1.165, 1.54) is 25.7 Å². The van der Waals surface area contributed by atoms with Crippen LogP contribution < -0.4 is 16.0 Å². The van der Waals surface area contributed by atoms with Crippen molar-refractivity contribution in [3.63, 3.8) is 0 Å². The lowest BCUT2D eigenvalue weighted by atomic mass is 10.2. The molecule has 7 heteroatoms. The van der Waals surface area contributed by atoms with E-state index in [-0.39, 0.29) is 29.9 Å². The number of amides is 1. The van der Waals surface area contributed by atoms with Crippen LogP contribution in [0.2, 0.25) is 0 Å². The highest BCUT2D eigenvalue weighted by Gasteiger charge is 2.15. The van der Waals surface area contributed by atoms with Crippen molar-refractivity contribution in [3.8, 4) is 0 Å². The first kappa shape index (κ1) is 21.2. The van der Waals surface area contributed by atoms with Crippen LogP contribution >= 0.6 is 39.9 Å². The summed E-state index contributed by atoms with van der Waals surface area (Å²) in [4.78, 5) is 16.2. The van der Waals surface area contributed by atoms with Crippen LogP contribution in [0.4, 0.5) is 0 Å². The minimum Gasteiger partial charge on any atom is -0.356 e. The van der Waals surface area contributed by atoms with Crippen LogP contribution in [0.3, 0.4) is 0 Å². The highest BCUT2D eigenvalue weighted by molar-refractivity contribution is 14.0. The molecule has 0 atom stereocenters. The molecule has 3 N–H and O–H groups in total. The van der Waals surface area contributed by atoms with Gasteiger partial charge in [-0.1, -0.05) is 28.8 Å². The Hall–Kier alpha value is -0.830. The van der Waals surface area contributed by atoms with Gasteiger partial charge >= 0.3 is 0 Å². The standard InChI is InChI=1S/C17H25BrN4O.HI/c1-19-17(22-15-5-2-3-6-15)21-12-4-11-20-16(23)13-7-9-14(18)10-8-13;/h7-10,15H,2-6,11-12H2,1H3,(H,20,23)(H2,19,21,22);1H. The van der Waals surface area contributed by atoms with Crippen molar-refractivity contribution in [1.82, 2.24) is 16.0 Å². The molecule has 0 aliphatic heterocycles. The molecule has 5 nitrogen and oxygen atoms in total. The molecule has 1 saturated carbocycles. The quantitative estimate of drug-likeness (QED) is 0.239. The van der Waals surface area contributed by atoms with Crippen LogP contribution in [0.1, 0.15) is 42.5 Å². The van der Waals surface area contributed by atoms with Crippen LogP contribution in [-0.4, -0.2) is 38.0 Å². The Labute approximate surface area is 169 Å². The first-order valence-corrected chi connectivity index (χ1v) is 8.99. The fourth-order valence-corrected chi connectivity index (χ4v) is 2.92. The normalized spacial score (nSPS) is 14.8. The number of hydrogen-bond donors (Lipinski definition) is 3. The van der Waals surface area contributed by atoms with Gasteiger partial charge in [0.05, 0.1) is 0 Å². The van der Waals surface area contributed by atoms with Crippen LogP contribution in [-0.2, 0) is 0 Å². The van der Waals surface area contributed by atoms with Gasteiger partial charge in [-0.3, -0.25) is 9.79 Å². The minimum atomic E-state index is -0.0361. The van der Waals surface area contributed by atoms with Crippen LogP contribution in [0, 0.1) is 0 Å². The Morgan fingerprint density at radius 1 is 1.17 bits per heavy atom. The number of carbonyl (C=O) groups excluding carboxylic acids is 1. The van der Waals surface area contributed by atoms with Gasteiger partial charge in [-0.25, -0.2) is 0 Å². The lowest BCUT2D eigenvalue weighted by Gasteiger charge is -2.16. The first-order chi connectivity index (χ1) is 11.2. The summed E-state index contributed by atoms with van der Waals surface area (Å²) in [5.41, 5.74) is 0.680. The van der Waals surface area contributed by atoms with Crippen molar-refractivity contribution in [2.45, 2.75) is 38.1 Å². The molecule has 1 fully saturated rings. The molecule has 2 rings (SSSR count). The number of hydrogen-bond acceptors (Lipinski definition) is 2. The summed E-state index contributed by atoms with van der Waals surface area (Å²) in [5, 5.41) is 9.67. The molecule has 1 aliphatic carbocycles. The van der Waals surface area contributed by atoms with E-state index in [9.17, 15) is 4.79 Å². The fourth-order valence-electron chi connectivity index (χ4n) is 2.66. The third-order valence-electron chi connectivity index (χ3n) is 3.96. The minimum absolute atomic E-state index is 0.